The van der Waals surface area contributed by atoms with Crippen LogP contribution in [-0.4, -0.2) is 38.4 Å². The molecule has 5 rings (SSSR count). The van der Waals surface area contributed by atoms with Gasteiger partial charge < -0.3 is 25.3 Å². The first-order valence-electron chi connectivity index (χ1n) is 12.0. The van der Waals surface area contributed by atoms with Gasteiger partial charge in [-0.3, -0.25) is 14.5 Å². The number of nitrogens with one attached hydrogen (secondary N) is 1. The van der Waals surface area contributed by atoms with Crippen molar-refractivity contribution in [2.75, 3.05) is 36.3 Å². The van der Waals surface area contributed by atoms with Crippen LogP contribution in [0.4, 0.5) is 44.7 Å². The van der Waals surface area contributed by atoms with E-state index in [1.54, 1.807) is 0 Å². The molecule has 2 aliphatic heterocycles. The van der Waals surface area contributed by atoms with Crippen LogP contribution in [0.3, 0.4) is 0 Å². The number of carbonyl (C=O) groups excluding carboxylic acids is 2. The van der Waals surface area contributed by atoms with E-state index in [0.717, 1.165) is 12.1 Å². The van der Waals surface area contributed by atoms with E-state index >= 15 is 0 Å². The van der Waals surface area contributed by atoms with Crippen LogP contribution in [0.15, 0.2) is 48.5 Å². The Morgan fingerprint density at radius 1 is 1.07 bits per heavy atom. The van der Waals surface area contributed by atoms with E-state index in [2.05, 4.69) is 10.1 Å². The molecule has 3 N–H and O–H groups in total. The SMILES string of the molecule is COC(=O)C[C@@H]1COc2cc(N(C(=O)C(F)(F)F)[C@@H]3COc4c(Nc5c(N)ccc(F)c5F)cccc43)ccc21. The standard InChI is InChI=1S/C27H22F5N3O5/c1-38-22(36)9-13-11-39-21-10-14(5-6-15(13)21)35(26(37)27(30,31)32)20-12-40-25-16(20)3-2-4-19(25)34-24-18(33)8-7-17(28)23(24)29/h2-8,10,13,20,34H,9,11-12,33H2,1H3/t13-,20-/m1/s1. The summed E-state index contributed by atoms with van der Waals surface area (Å²) in [5.41, 5.74) is 6.10. The highest BCUT2D eigenvalue weighted by atomic mass is 19.4. The number of ether oxygens (including phenoxy) is 3. The Morgan fingerprint density at radius 3 is 2.58 bits per heavy atom. The van der Waals surface area contributed by atoms with Crippen LogP contribution < -0.4 is 25.4 Å². The van der Waals surface area contributed by atoms with Gasteiger partial charge in [0.1, 0.15) is 23.8 Å². The summed E-state index contributed by atoms with van der Waals surface area (Å²) in [7, 11) is 1.24. The highest BCUT2D eigenvalue weighted by Crippen LogP contribution is 2.47. The number of benzene rings is 3. The van der Waals surface area contributed by atoms with Crippen LogP contribution >= 0.6 is 0 Å². The Bertz CT molecular complexity index is 1500. The molecule has 0 unspecified atom stereocenters. The van der Waals surface area contributed by atoms with Crippen molar-refractivity contribution >= 4 is 34.6 Å². The van der Waals surface area contributed by atoms with Gasteiger partial charge in [-0.1, -0.05) is 18.2 Å². The molecule has 40 heavy (non-hydrogen) atoms. The summed E-state index contributed by atoms with van der Waals surface area (Å²) >= 11 is 0. The molecule has 8 nitrogen and oxygen atoms in total. The molecule has 0 fully saturated rings. The van der Waals surface area contributed by atoms with Crippen LogP contribution in [0.2, 0.25) is 0 Å². The van der Waals surface area contributed by atoms with Crippen molar-refractivity contribution in [3.8, 4) is 11.5 Å². The minimum Gasteiger partial charge on any atom is -0.493 e. The topological polar surface area (TPSA) is 103 Å². The molecule has 2 atom stereocenters. The smallest absolute Gasteiger partial charge is 0.471 e. The average molecular weight is 563 g/mol. The molecule has 2 heterocycles. The van der Waals surface area contributed by atoms with E-state index < -0.39 is 35.7 Å². The molecule has 0 aromatic heterocycles. The second kappa shape index (κ2) is 10.2. The number of nitrogens with two attached hydrogens (primary N) is 1. The molecular weight excluding hydrogens is 541 g/mol. The minimum atomic E-state index is -5.23. The Hall–Kier alpha value is -4.55. The van der Waals surface area contributed by atoms with Crippen LogP contribution in [0.5, 0.6) is 11.5 Å². The van der Waals surface area contributed by atoms with Gasteiger partial charge in [-0.25, -0.2) is 8.78 Å². The predicted octanol–water partition coefficient (Wildman–Crippen LogP) is 5.36. The third-order valence-electron chi connectivity index (χ3n) is 6.75. The molecule has 0 saturated carbocycles. The molecule has 0 radical (unpaired) electrons. The minimum absolute atomic E-state index is 0.0179. The van der Waals surface area contributed by atoms with Crippen LogP contribution in [-0.2, 0) is 14.3 Å². The summed E-state index contributed by atoms with van der Waals surface area (Å²) in [6.07, 6.45) is -5.21. The number of alkyl halides is 3. The number of rotatable bonds is 6. The maximum atomic E-state index is 14.4. The maximum absolute atomic E-state index is 14.4. The number of esters is 1. The highest BCUT2D eigenvalue weighted by molar-refractivity contribution is 5.98. The molecule has 13 heteroatoms. The van der Waals surface area contributed by atoms with E-state index in [1.807, 2.05) is 0 Å². The zero-order valence-electron chi connectivity index (χ0n) is 20.9. The van der Waals surface area contributed by atoms with E-state index in [0.29, 0.717) is 10.5 Å². The molecule has 0 aliphatic carbocycles. The number of hydrogen-bond donors (Lipinski definition) is 2. The summed E-state index contributed by atoms with van der Waals surface area (Å²) in [5.74, 6) is -5.09. The number of halogens is 5. The highest BCUT2D eigenvalue weighted by Gasteiger charge is 2.48. The van der Waals surface area contributed by atoms with Gasteiger partial charge in [-0.05, 0) is 24.3 Å². The molecular formula is C27H22F5N3O5. The third-order valence-corrected chi connectivity index (χ3v) is 6.75. The van der Waals surface area contributed by atoms with Gasteiger partial charge in [0.05, 0.1) is 37.6 Å². The molecule has 3 aromatic rings. The number of methoxy groups -OCH3 is 1. The first kappa shape index (κ1) is 27.0. The van der Waals surface area contributed by atoms with Gasteiger partial charge in [-0.15, -0.1) is 0 Å². The van der Waals surface area contributed by atoms with Gasteiger partial charge in [0, 0.05) is 28.8 Å². The van der Waals surface area contributed by atoms with Crippen molar-refractivity contribution in [1.82, 2.24) is 0 Å². The number of anilines is 4. The lowest BCUT2D eigenvalue weighted by molar-refractivity contribution is -0.171. The normalized spacial score (nSPS) is 17.4. The molecule has 1 amide bonds. The number of amides is 1. The maximum Gasteiger partial charge on any atom is 0.471 e. The van der Waals surface area contributed by atoms with Crippen molar-refractivity contribution < 1.29 is 45.8 Å². The zero-order chi connectivity index (χ0) is 28.8. The van der Waals surface area contributed by atoms with Gasteiger partial charge >= 0.3 is 18.1 Å². The van der Waals surface area contributed by atoms with Crippen LogP contribution in [0.1, 0.15) is 29.5 Å². The third kappa shape index (κ3) is 4.82. The lowest BCUT2D eigenvalue weighted by Crippen LogP contribution is -2.44. The predicted molar refractivity (Wildman–Crippen MR) is 134 cm³/mol. The van der Waals surface area contributed by atoms with Crippen molar-refractivity contribution in [2.24, 2.45) is 0 Å². The van der Waals surface area contributed by atoms with Crippen LogP contribution in [0.25, 0.3) is 0 Å². The summed E-state index contributed by atoms with van der Waals surface area (Å²) < 4.78 is 85.6. The summed E-state index contributed by atoms with van der Waals surface area (Å²) in [4.78, 5) is 25.0. The number of nitrogens with zero attached hydrogens (tertiary/aromatic N) is 1. The van der Waals surface area contributed by atoms with E-state index in [4.69, 9.17) is 15.2 Å². The summed E-state index contributed by atoms with van der Waals surface area (Å²) in [6, 6.07) is 9.32. The Morgan fingerprint density at radius 2 is 1.85 bits per heavy atom. The second-order valence-corrected chi connectivity index (χ2v) is 9.18. The molecule has 210 valence electrons. The average Bonchev–Trinajstić information content (AvgIpc) is 3.53. The lowest BCUT2D eigenvalue weighted by Gasteiger charge is -2.29. The number of fused-ring (bicyclic) bond motifs is 2. The number of carbonyl (C=O) groups is 2. The quantitative estimate of drug-likeness (QED) is 0.237. The number of para-hydroxylation sites is 1. The van der Waals surface area contributed by atoms with Crippen molar-refractivity contribution in [2.45, 2.75) is 24.6 Å². The molecule has 3 aromatic carbocycles. The van der Waals surface area contributed by atoms with Crippen molar-refractivity contribution in [1.29, 1.82) is 0 Å². The van der Waals surface area contributed by atoms with Gasteiger partial charge in [0.25, 0.3) is 0 Å². The number of nitrogen functional groups attached to an aromatic ring is 1. The fourth-order valence-corrected chi connectivity index (χ4v) is 4.81. The fraction of sp³-hybridized carbons (Fsp3) is 0.259. The van der Waals surface area contributed by atoms with E-state index in [9.17, 15) is 31.5 Å². The van der Waals surface area contributed by atoms with Gasteiger partial charge in [-0.2, -0.15) is 13.2 Å². The monoisotopic (exact) mass is 563 g/mol. The summed E-state index contributed by atoms with van der Waals surface area (Å²) in [6.45, 7) is -0.245. The lowest BCUT2D eigenvalue weighted by atomic mass is 9.97. The Kier molecular flexibility index (Phi) is 6.90. The number of hydrogen-bond acceptors (Lipinski definition) is 7. The largest absolute Gasteiger partial charge is 0.493 e. The molecule has 0 bridgehead atoms. The van der Waals surface area contributed by atoms with E-state index in [-0.39, 0.29) is 65.4 Å². The Balaban J connectivity index is 1.52. The first-order valence-corrected chi connectivity index (χ1v) is 12.0. The summed E-state index contributed by atoms with van der Waals surface area (Å²) in [5, 5.41) is 2.65. The van der Waals surface area contributed by atoms with Crippen molar-refractivity contribution in [3.63, 3.8) is 0 Å². The van der Waals surface area contributed by atoms with Gasteiger partial charge in [0.15, 0.2) is 11.6 Å². The van der Waals surface area contributed by atoms with E-state index in [1.165, 1.54) is 43.5 Å². The second-order valence-electron chi connectivity index (χ2n) is 9.18. The molecule has 2 aliphatic rings. The Labute approximate surface area is 224 Å². The van der Waals surface area contributed by atoms with Crippen molar-refractivity contribution in [3.05, 3.63) is 71.3 Å². The van der Waals surface area contributed by atoms with Crippen LogP contribution in [0, 0.1) is 11.6 Å². The molecule has 0 spiro atoms. The zero-order valence-corrected chi connectivity index (χ0v) is 20.9. The van der Waals surface area contributed by atoms with Gasteiger partial charge in [0.2, 0.25) is 0 Å². The first-order chi connectivity index (χ1) is 19.0. The molecule has 0 saturated heterocycles. The fourth-order valence-electron chi connectivity index (χ4n) is 4.81.